The van der Waals surface area contributed by atoms with Gasteiger partial charge in [-0.15, -0.1) is 0 Å². The second kappa shape index (κ2) is 6.25. The quantitative estimate of drug-likeness (QED) is 0.588. The lowest BCUT2D eigenvalue weighted by Gasteiger charge is -2.63. The van der Waals surface area contributed by atoms with Gasteiger partial charge in [-0.1, -0.05) is 34.6 Å². The molecule has 0 saturated heterocycles. The Bertz CT molecular complexity index is 671. The van der Waals surface area contributed by atoms with Crippen LogP contribution in [0.5, 0.6) is 0 Å². The van der Waals surface area contributed by atoms with E-state index in [0.717, 1.165) is 36.5 Å². The third-order valence-corrected chi connectivity index (χ3v) is 12.7. The van der Waals surface area contributed by atoms with E-state index in [1.807, 2.05) is 0 Å². The molecule has 5 aliphatic rings. The Morgan fingerprint density at radius 1 is 0.828 bits per heavy atom. The molecule has 0 amide bonds. The van der Waals surface area contributed by atoms with Gasteiger partial charge < -0.3 is 10.2 Å². The van der Waals surface area contributed by atoms with Crippen molar-refractivity contribution in [1.29, 1.82) is 0 Å². The lowest BCUT2D eigenvalue weighted by atomic mass is 9.41. The van der Waals surface area contributed by atoms with Gasteiger partial charge in [0.1, 0.15) is 0 Å². The molecule has 5 saturated carbocycles. The molecule has 2 heteroatoms. The van der Waals surface area contributed by atoms with Crippen molar-refractivity contribution in [2.45, 2.75) is 111 Å². The van der Waals surface area contributed by atoms with Gasteiger partial charge in [0.25, 0.3) is 0 Å². The standard InChI is InChI=1S/C27H46O2/c1-18(7-6-16-28)19-10-12-25(5)21-9-8-20-23(2,3)22(29)11-13-26(20)17-27(21,26)15-14-24(19,25)4/h18-22,28-29H,6-17H2,1-5H3/t18-,19-,20+,21+,22-,24-,25+,26-,27+/m1/s1. The summed E-state index contributed by atoms with van der Waals surface area (Å²) in [6.07, 6.45) is 14.3. The average Bonchev–Trinajstić information content (AvgIpc) is 3.26. The number of rotatable bonds is 4. The number of hydrogen-bond acceptors (Lipinski definition) is 2. The number of fused-ring (bicyclic) bond motifs is 2. The molecule has 0 unspecified atom stereocenters. The zero-order valence-electron chi connectivity index (χ0n) is 19.8. The smallest absolute Gasteiger partial charge is 0.0594 e. The van der Waals surface area contributed by atoms with Crippen LogP contribution in [-0.2, 0) is 0 Å². The molecule has 5 rings (SSSR count). The summed E-state index contributed by atoms with van der Waals surface area (Å²) >= 11 is 0. The van der Waals surface area contributed by atoms with Gasteiger partial charge in [-0.25, -0.2) is 0 Å². The molecule has 0 radical (unpaired) electrons. The van der Waals surface area contributed by atoms with Crippen molar-refractivity contribution in [1.82, 2.24) is 0 Å². The summed E-state index contributed by atoms with van der Waals surface area (Å²) in [5.41, 5.74) is 2.25. The number of hydrogen-bond donors (Lipinski definition) is 2. The molecule has 2 nitrogen and oxygen atoms in total. The third-order valence-electron chi connectivity index (χ3n) is 12.7. The van der Waals surface area contributed by atoms with E-state index in [2.05, 4.69) is 34.6 Å². The summed E-state index contributed by atoms with van der Waals surface area (Å²) in [5, 5.41) is 20.1. The zero-order chi connectivity index (χ0) is 20.9. The number of aliphatic hydroxyl groups is 2. The Morgan fingerprint density at radius 2 is 1.52 bits per heavy atom. The van der Waals surface area contributed by atoms with Gasteiger partial charge in [-0.2, -0.15) is 0 Å². The van der Waals surface area contributed by atoms with Crippen LogP contribution in [0.1, 0.15) is 105 Å². The van der Waals surface area contributed by atoms with E-state index in [9.17, 15) is 10.2 Å². The van der Waals surface area contributed by atoms with Gasteiger partial charge in [0.15, 0.2) is 0 Å². The highest BCUT2D eigenvalue weighted by atomic mass is 16.3. The minimum Gasteiger partial charge on any atom is -0.396 e. The van der Waals surface area contributed by atoms with Gasteiger partial charge in [0.2, 0.25) is 0 Å². The van der Waals surface area contributed by atoms with Crippen LogP contribution in [0.15, 0.2) is 0 Å². The molecule has 5 aliphatic carbocycles. The average molecular weight is 403 g/mol. The van der Waals surface area contributed by atoms with E-state index < -0.39 is 0 Å². The second-order valence-electron chi connectivity index (χ2n) is 13.4. The molecule has 0 bridgehead atoms. The highest BCUT2D eigenvalue weighted by molar-refractivity contribution is 5.30. The molecule has 0 aromatic carbocycles. The molecular formula is C27H46O2. The van der Waals surface area contributed by atoms with Crippen molar-refractivity contribution >= 4 is 0 Å². The SMILES string of the molecule is C[C@H](CCCO)[C@H]1CC[C@@]2(C)[C@@H]3CC[C@H]4C(C)(C)[C@H](O)CC[C@@]45C[C@@]35CC[C@]12C. The van der Waals surface area contributed by atoms with Gasteiger partial charge in [0.05, 0.1) is 6.10 Å². The Labute approximate surface area is 179 Å². The first-order valence-corrected chi connectivity index (χ1v) is 12.9. The first kappa shape index (κ1) is 20.8. The predicted molar refractivity (Wildman–Crippen MR) is 118 cm³/mol. The molecule has 166 valence electrons. The van der Waals surface area contributed by atoms with Crippen molar-refractivity contribution in [2.75, 3.05) is 6.61 Å². The lowest BCUT2D eigenvalue weighted by molar-refractivity contribution is -0.161. The summed E-state index contributed by atoms with van der Waals surface area (Å²) in [7, 11) is 0. The van der Waals surface area contributed by atoms with Crippen LogP contribution in [0.25, 0.3) is 0 Å². The Morgan fingerprint density at radius 3 is 2.24 bits per heavy atom. The van der Waals surface area contributed by atoms with Crippen molar-refractivity contribution < 1.29 is 10.2 Å². The van der Waals surface area contributed by atoms with Gasteiger partial charge in [-0.05, 0) is 121 Å². The van der Waals surface area contributed by atoms with Crippen molar-refractivity contribution in [3.05, 3.63) is 0 Å². The Hall–Kier alpha value is -0.0800. The number of aliphatic hydroxyl groups excluding tert-OH is 2. The van der Waals surface area contributed by atoms with Crippen LogP contribution in [0.4, 0.5) is 0 Å². The van der Waals surface area contributed by atoms with Crippen molar-refractivity contribution in [3.8, 4) is 0 Å². The first-order chi connectivity index (χ1) is 13.6. The molecule has 2 N–H and O–H groups in total. The summed E-state index contributed by atoms with van der Waals surface area (Å²) in [6.45, 7) is 12.9. The second-order valence-corrected chi connectivity index (χ2v) is 13.4. The fourth-order valence-corrected chi connectivity index (χ4v) is 10.9. The maximum atomic E-state index is 10.8. The summed E-state index contributed by atoms with van der Waals surface area (Å²) < 4.78 is 0. The van der Waals surface area contributed by atoms with E-state index >= 15 is 0 Å². The van der Waals surface area contributed by atoms with Crippen molar-refractivity contribution in [3.63, 3.8) is 0 Å². The van der Waals surface area contributed by atoms with Gasteiger partial charge in [0, 0.05) is 6.61 Å². The lowest BCUT2D eigenvalue weighted by Crippen LogP contribution is -2.57. The largest absolute Gasteiger partial charge is 0.396 e. The highest BCUT2D eigenvalue weighted by Crippen LogP contribution is 2.89. The van der Waals surface area contributed by atoms with E-state index in [4.69, 9.17) is 0 Å². The zero-order valence-corrected chi connectivity index (χ0v) is 19.8. The van der Waals surface area contributed by atoms with E-state index in [1.54, 1.807) is 0 Å². The van der Waals surface area contributed by atoms with E-state index in [-0.39, 0.29) is 11.5 Å². The van der Waals surface area contributed by atoms with E-state index in [0.29, 0.717) is 28.3 Å². The van der Waals surface area contributed by atoms with E-state index in [1.165, 1.54) is 57.8 Å². The predicted octanol–water partition coefficient (Wildman–Crippen LogP) is 6.20. The first-order valence-electron chi connectivity index (χ1n) is 12.9. The maximum Gasteiger partial charge on any atom is 0.0594 e. The summed E-state index contributed by atoms with van der Waals surface area (Å²) in [5.74, 6) is 3.24. The van der Waals surface area contributed by atoms with Gasteiger partial charge >= 0.3 is 0 Å². The van der Waals surface area contributed by atoms with Crippen LogP contribution >= 0.6 is 0 Å². The fourth-order valence-electron chi connectivity index (χ4n) is 10.9. The molecule has 0 aromatic rings. The minimum absolute atomic E-state index is 0.0972. The van der Waals surface area contributed by atoms with Crippen LogP contribution in [0.3, 0.4) is 0 Å². The third kappa shape index (κ3) is 2.32. The molecule has 2 spiro atoms. The van der Waals surface area contributed by atoms with Crippen LogP contribution in [-0.4, -0.2) is 22.9 Å². The maximum absolute atomic E-state index is 10.8. The fraction of sp³-hybridized carbons (Fsp3) is 1.00. The molecule has 0 aromatic heterocycles. The van der Waals surface area contributed by atoms with Crippen molar-refractivity contribution in [2.24, 2.45) is 50.7 Å². The van der Waals surface area contributed by atoms with Crippen LogP contribution < -0.4 is 0 Å². The van der Waals surface area contributed by atoms with Crippen LogP contribution in [0, 0.1) is 50.7 Å². The van der Waals surface area contributed by atoms with Gasteiger partial charge in [-0.3, -0.25) is 0 Å². The summed E-state index contributed by atoms with van der Waals surface area (Å²) in [4.78, 5) is 0. The molecule has 9 atom stereocenters. The summed E-state index contributed by atoms with van der Waals surface area (Å²) in [6, 6.07) is 0. The highest BCUT2D eigenvalue weighted by Gasteiger charge is 2.82. The topological polar surface area (TPSA) is 40.5 Å². The Kier molecular flexibility index (Phi) is 4.48. The Balaban J connectivity index is 1.45. The monoisotopic (exact) mass is 402 g/mol. The molecular weight excluding hydrogens is 356 g/mol. The normalized spacial score (nSPS) is 56.0. The molecule has 0 heterocycles. The molecule has 5 fully saturated rings. The van der Waals surface area contributed by atoms with Crippen LogP contribution in [0.2, 0.25) is 0 Å². The molecule has 29 heavy (non-hydrogen) atoms. The molecule has 0 aliphatic heterocycles. The minimum atomic E-state index is -0.0972.